The van der Waals surface area contributed by atoms with Gasteiger partial charge in [0.2, 0.25) is 10.0 Å². The van der Waals surface area contributed by atoms with Gasteiger partial charge in [0.05, 0.1) is 22.7 Å². The number of nitrogens with zero attached hydrogens (tertiary/aromatic N) is 2. The van der Waals surface area contributed by atoms with E-state index < -0.39 is 15.3 Å². The van der Waals surface area contributed by atoms with Gasteiger partial charge in [0, 0.05) is 11.3 Å². The number of nitrogens with one attached hydrogen (secondary N) is 2. The average molecular weight is 376 g/mol. The average Bonchev–Trinajstić information content (AvgIpc) is 3.04. The largest absolute Gasteiger partial charge is 0.320 e. The van der Waals surface area contributed by atoms with E-state index in [0.29, 0.717) is 22.5 Å². The van der Waals surface area contributed by atoms with Crippen LogP contribution >= 0.6 is 11.7 Å². The summed E-state index contributed by atoms with van der Waals surface area (Å²) in [6.07, 6.45) is 0. The van der Waals surface area contributed by atoms with Crippen LogP contribution in [-0.4, -0.2) is 28.3 Å². The number of hydrogen-bond donors (Lipinski definition) is 2. The molecule has 1 amide bonds. The summed E-state index contributed by atoms with van der Waals surface area (Å²) in [5, 5.41) is 2.26. The Hall–Kier alpha value is -2.52. The quantitative estimate of drug-likeness (QED) is 0.712. The number of sulfonamides is 1. The third-order valence-corrected chi connectivity index (χ3v) is 5.87. The Morgan fingerprint density at radius 2 is 1.80 bits per heavy atom. The molecule has 0 aliphatic rings. The fraction of sp³-hybridized carbons (Fsp3) is 0.188. The highest BCUT2D eigenvalue weighted by molar-refractivity contribution is 7.93. The molecular formula is C16H16N4O3S2. The van der Waals surface area contributed by atoms with Crippen LogP contribution in [0, 0.1) is 0 Å². The fourth-order valence-corrected chi connectivity index (χ4v) is 3.32. The van der Waals surface area contributed by atoms with E-state index in [0.717, 1.165) is 17.2 Å². The summed E-state index contributed by atoms with van der Waals surface area (Å²) >= 11 is 1.08. The molecule has 0 radical (unpaired) electrons. The molecular weight excluding hydrogens is 360 g/mol. The lowest BCUT2D eigenvalue weighted by molar-refractivity contribution is 0.102. The van der Waals surface area contributed by atoms with Crippen LogP contribution in [0.15, 0.2) is 42.5 Å². The van der Waals surface area contributed by atoms with Crippen molar-refractivity contribution < 1.29 is 13.2 Å². The van der Waals surface area contributed by atoms with Crippen LogP contribution < -0.4 is 10.0 Å². The summed E-state index contributed by atoms with van der Waals surface area (Å²) in [6.45, 7) is 3.19. The van der Waals surface area contributed by atoms with Crippen molar-refractivity contribution >= 4 is 50.1 Å². The van der Waals surface area contributed by atoms with Gasteiger partial charge < -0.3 is 5.32 Å². The number of carbonyl (C=O) groups is 1. The highest BCUT2D eigenvalue weighted by Gasteiger charge is 2.16. The molecule has 1 heterocycles. The summed E-state index contributed by atoms with van der Waals surface area (Å²) < 4.78 is 34.5. The smallest absolute Gasteiger partial charge is 0.255 e. The topological polar surface area (TPSA) is 101 Å². The van der Waals surface area contributed by atoms with Crippen molar-refractivity contribution in [2.75, 3.05) is 10.0 Å². The fourth-order valence-electron chi connectivity index (χ4n) is 2.07. The van der Waals surface area contributed by atoms with Crippen LogP contribution in [0.25, 0.3) is 11.0 Å². The van der Waals surface area contributed by atoms with Crippen molar-refractivity contribution in [3.8, 4) is 0 Å². The molecule has 3 aromatic rings. The Balaban J connectivity index is 1.76. The maximum Gasteiger partial charge on any atom is 0.255 e. The number of rotatable bonds is 5. The first kappa shape index (κ1) is 17.3. The molecule has 0 aliphatic heterocycles. The van der Waals surface area contributed by atoms with E-state index >= 15 is 0 Å². The number of carbonyl (C=O) groups excluding carboxylic acids is 1. The van der Waals surface area contributed by atoms with Gasteiger partial charge in [-0.3, -0.25) is 9.52 Å². The van der Waals surface area contributed by atoms with Gasteiger partial charge in [0.1, 0.15) is 11.0 Å². The maximum absolute atomic E-state index is 12.4. The summed E-state index contributed by atoms with van der Waals surface area (Å²) in [4.78, 5) is 12.4. The van der Waals surface area contributed by atoms with Gasteiger partial charge in [-0.05, 0) is 50.2 Å². The van der Waals surface area contributed by atoms with Gasteiger partial charge in [-0.2, -0.15) is 8.75 Å². The van der Waals surface area contributed by atoms with E-state index in [-0.39, 0.29) is 5.91 Å². The van der Waals surface area contributed by atoms with Crippen LogP contribution in [0.4, 0.5) is 11.4 Å². The minimum absolute atomic E-state index is 0.307. The number of anilines is 2. The van der Waals surface area contributed by atoms with E-state index in [1.165, 1.54) is 0 Å². The molecule has 1 aromatic heterocycles. The predicted molar refractivity (Wildman–Crippen MR) is 99.5 cm³/mol. The Morgan fingerprint density at radius 3 is 2.48 bits per heavy atom. The summed E-state index contributed by atoms with van der Waals surface area (Å²) in [7, 11) is -3.42. The maximum atomic E-state index is 12.4. The van der Waals surface area contributed by atoms with Crippen LogP contribution in [0.5, 0.6) is 0 Å². The highest BCUT2D eigenvalue weighted by Crippen LogP contribution is 2.22. The predicted octanol–water partition coefficient (Wildman–Crippen LogP) is 3.09. The van der Waals surface area contributed by atoms with Crippen LogP contribution in [0.2, 0.25) is 0 Å². The minimum atomic E-state index is -3.42. The van der Waals surface area contributed by atoms with Gasteiger partial charge in [-0.25, -0.2) is 8.42 Å². The zero-order valence-corrected chi connectivity index (χ0v) is 15.2. The first-order valence-electron chi connectivity index (χ1n) is 7.51. The van der Waals surface area contributed by atoms with Crippen LogP contribution in [-0.2, 0) is 10.0 Å². The molecule has 0 aliphatic carbocycles. The van der Waals surface area contributed by atoms with Crippen molar-refractivity contribution in [2.24, 2.45) is 0 Å². The monoisotopic (exact) mass is 376 g/mol. The van der Waals surface area contributed by atoms with E-state index in [9.17, 15) is 13.2 Å². The zero-order chi connectivity index (χ0) is 18.0. The highest BCUT2D eigenvalue weighted by atomic mass is 32.2. The molecule has 0 unspecified atom stereocenters. The van der Waals surface area contributed by atoms with Crippen molar-refractivity contribution in [1.82, 2.24) is 8.75 Å². The molecule has 0 fully saturated rings. The van der Waals surface area contributed by atoms with Gasteiger partial charge in [0.25, 0.3) is 5.91 Å². The lowest BCUT2D eigenvalue weighted by atomic mass is 10.2. The number of amides is 1. The molecule has 3 rings (SSSR count). The molecule has 25 heavy (non-hydrogen) atoms. The van der Waals surface area contributed by atoms with Crippen molar-refractivity contribution in [2.45, 2.75) is 19.1 Å². The van der Waals surface area contributed by atoms with Gasteiger partial charge in [-0.15, -0.1) is 0 Å². The SMILES string of the molecule is CC(C)S(=O)(=O)Nc1ccc(C(=O)Nc2cccc3nsnc23)cc1. The second kappa shape index (κ2) is 6.77. The van der Waals surface area contributed by atoms with Crippen LogP contribution in [0.3, 0.4) is 0 Å². The molecule has 2 N–H and O–H groups in total. The van der Waals surface area contributed by atoms with Crippen LogP contribution in [0.1, 0.15) is 24.2 Å². The van der Waals surface area contributed by atoms with Gasteiger partial charge in [0.15, 0.2) is 0 Å². The zero-order valence-electron chi connectivity index (χ0n) is 13.6. The first-order valence-corrected chi connectivity index (χ1v) is 9.79. The van der Waals surface area contributed by atoms with Crippen molar-refractivity contribution in [3.63, 3.8) is 0 Å². The molecule has 7 nitrogen and oxygen atoms in total. The number of fused-ring (bicyclic) bond motifs is 1. The molecule has 9 heteroatoms. The molecule has 130 valence electrons. The summed E-state index contributed by atoms with van der Waals surface area (Å²) in [6, 6.07) is 11.6. The normalized spacial score (nSPS) is 11.6. The van der Waals surface area contributed by atoms with Gasteiger partial charge in [-0.1, -0.05) is 6.07 Å². The summed E-state index contributed by atoms with van der Waals surface area (Å²) in [5.41, 5.74) is 2.77. The first-order chi connectivity index (χ1) is 11.9. The lowest BCUT2D eigenvalue weighted by Gasteiger charge is -2.11. The Kier molecular flexibility index (Phi) is 4.69. The second-order valence-corrected chi connectivity index (χ2v) is 8.43. The Bertz CT molecular complexity index is 1010. The van der Waals surface area contributed by atoms with E-state index in [1.807, 2.05) is 6.07 Å². The molecule has 0 saturated carbocycles. The molecule has 2 aromatic carbocycles. The second-order valence-electron chi connectivity index (χ2n) is 5.66. The molecule has 0 saturated heterocycles. The number of benzene rings is 2. The molecule has 0 atom stereocenters. The Labute approximate surface area is 149 Å². The van der Waals surface area contributed by atoms with E-state index in [2.05, 4.69) is 18.8 Å². The van der Waals surface area contributed by atoms with E-state index in [4.69, 9.17) is 0 Å². The third-order valence-electron chi connectivity index (χ3n) is 3.56. The summed E-state index contributed by atoms with van der Waals surface area (Å²) in [5.74, 6) is -0.307. The van der Waals surface area contributed by atoms with E-state index in [1.54, 1.807) is 50.2 Å². The van der Waals surface area contributed by atoms with Gasteiger partial charge >= 0.3 is 0 Å². The third kappa shape index (κ3) is 3.77. The minimum Gasteiger partial charge on any atom is -0.320 e. The van der Waals surface area contributed by atoms with Crippen molar-refractivity contribution in [1.29, 1.82) is 0 Å². The lowest BCUT2D eigenvalue weighted by Crippen LogP contribution is -2.22. The van der Waals surface area contributed by atoms with Crippen molar-refractivity contribution in [3.05, 3.63) is 48.0 Å². The molecule has 0 bridgehead atoms. The number of aromatic nitrogens is 2. The molecule has 0 spiro atoms. The number of hydrogen-bond acceptors (Lipinski definition) is 6. The standard InChI is InChI=1S/C16H16N4O3S2/c1-10(2)25(22,23)20-12-8-6-11(7-9-12)16(21)17-13-4-3-5-14-15(13)19-24-18-14/h3-10,20H,1-2H3,(H,17,21). The Morgan fingerprint density at radius 1 is 1.08 bits per heavy atom.